The summed E-state index contributed by atoms with van der Waals surface area (Å²) in [6, 6.07) is 0. The van der Waals surface area contributed by atoms with Crippen molar-refractivity contribution in [3.8, 4) is 0 Å². The highest BCUT2D eigenvalue weighted by Gasteiger charge is 2.98. The molecule has 0 bridgehead atoms. The van der Waals surface area contributed by atoms with Gasteiger partial charge in [-0.3, -0.25) is 0 Å². The van der Waals surface area contributed by atoms with Crippen molar-refractivity contribution in [3.05, 3.63) is 0 Å². The molecule has 0 aliphatic rings. The molecular formula is C10H4F19NO2. The average Bonchev–Trinajstić information content (AvgIpc) is 2.50. The Morgan fingerprint density at radius 1 is 0.438 bits per heavy atom. The molecule has 0 atom stereocenters. The second kappa shape index (κ2) is 7.57. The van der Waals surface area contributed by atoms with Gasteiger partial charge in [-0.1, -0.05) is 0 Å². The van der Waals surface area contributed by atoms with Gasteiger partial charge in [-0.05, 0) is 0 Å². The van der Waals surface area contributed by atoms with Gasteiger partial charge in [0.15, 0.2) is 0 Å². The summed E-state index contributed by atoms with van der Waals surface area (Å²) in [4.78, 5) is 9.81. The first kappa shape index (κ1) is 32.3. The highest BCUT2D eigenvalue weighted by atomic mass is 19.4. The van der Waals surface area contributed by atoms with Gasteiger partial charge in [0.1, 0.15) is 0 Å². The number of carboxylic acids is 1. The summed E-state index contributed by atoms with van der Waals surface area (Å²) in [5.41, 5.74) is -8.82. The van der Waals surface area contributed by atoms with E-state index in [9.17, 15) is 88.2 Å². The minimum absolute atomic E-state index is 0. The molecule has 0 aromatic rings. The average molecular weight is 531 g/mol. The van der Waals surface area contributed by atoms with Gasteiger partial charge in [0.25, 0.3) is 0 Å². The molecule has 0 saturated heterocycles. The molecule has 0 saturated carbocycles. The Kier molecular flexibility index (Phi) is 7.63. The van der Waals surface area contributed by atoms with Gasteiger partial charge >= 0.3 is 59.5 Å². The lowest BCUT2D eigenvalue weighted by molar-refractivity contribution is -0.471. The SMILES string of the molecule is N.O=C(O)C(F)(F)C(F)(F)C(F)(F)C(F)(F)C(F)(F)C(F)(F)C(F)(C(F)(F)F)C(F)(F)F. The number of halogens is 19. The van der Waals surface area contributed by atoms with Crippen LogP contribution in [0.4, 0.5) is 83.4 Å². The Labute approximate surface area is 160 Å². The van der Waals surface area contributed by atoms with Crippen molar-refractivity contribution in [2.45, 2.75) is 53.6 Å². The van der Waals surface area contributed by atoms with Gasteiger partial charge in [-0.2, -0.15) is 79.0 Å². The van der Waals surface area contributed by atoms with Crippen molar-refractivity contribution in [1.82, 2.24) is 6.15 Å². The largest absolute Gasteiger partial charge is 0.477 e. The molecule has 0 fully saturated rings. The molecule has 0 radical (unpaired) electrons. The van der Waals surface area contributed by atoms with Gasteiger partial charge in [0.2, 0.25) is 0 Å². The van der Waals surface area contributed by atoms with E-state index in [1.165, 1.54) is 0 Å². The predicted octanol–water partition coefficient (Wildman–Crippen LogP) is 5.88. The summed E-state index contributed by atoms with van der Waals surface area (Å²) in [5.74, 6) is -56.5. The molecule has 0 aromatic carbocycles. The Bertz CT molecular complexity index is 690. The monoisotopic (exact) mass is 531 g/mol. The molecule has 0 aliphatic carbocycles. The summed E-state index contributed by atoms with van der Waals surface area (Å²) in [6.07, 6.45) is -16.7. The second-order valence-electron chi connectivity index (χ2n) is 5.41. The molecule has 22 heteroatoms. The van der Waals surface area contributed by atoms with E-state index >= 15 is 0 Å². The van der Waals surface area contributed by atoms with Crippen LogP contribution in [0.3, 0.4) is 0 Å². The van der Waals surface area contributed by atoms with E-state index in [-0.39, 0.29) is 6.15 Å². The van der Waals surface area contributed by atoms with E-state index < -0.39 is 59.5 Å². The lowest BCUT2D eigenvalue weighted by atomic mass is 9.83. The van der Waals surface area contributed by atoms with E-state index in [1.54, 1.807) is 0 Å². The minimum atomic E-state index is -9.15. The molecule has 32 heavy (non-hydrogen) atoms. The zero-order chi connectivity index (χ0) is 26.1. The standard InChI is InChI=1S/C10HF19O2.H3N/c11-2(12,1(30)31)4(14,15)6(18,19)8(22,23)7(20,21)5(16,17)3(13,9(24,25)26)10(27,28)29;/h(H,30,31);1H3. The van der Waals surface area contributed by atoms with Crippen LogP contribution in [0.5, 0.6) is 0 Å². The molecule has 194 valence electrons. The van der Waals surface area contributed by atoms with Crippen LogP contribution < -0.4 is 6.15 Å². The van der Waals surface area contributed by atoms with Crippen LogP contribution >= 0.6 is 0 Å². The summed E-state index contributed by atoms with van der Waals surface area (Å²) in [6.45, 7) is 0. The van der Waals surface area contributed by atoms with Crippen molar-refractivity contribution in [2.24, 2.45) is 0 Å². The summed E-state index contributed by atoms with van der Waals surface area (Å²) < 4.78 is 243. The maximum atomic E-state index is 13.2. The fraction of sp³-hybridized carbons (Fsp3) is 0.900. The van der Waals surface area contributed by atoms with E-state index in [0.29, 0.717) is 0 Å². The van der Waals surface area contributed by atoms with Gasteiger partial charge in [0.05, 0.1) is 0 Å². The summed E-state index contributed by atoms with van der Waals surface area (Å²) in [5, 5.41) is 7.61. The topological polar surface area (TPSA) is 72.3 Å². The molecule has 0 heterocycles. The molecular weight excluding hydrogens is 527 g/mol. The van der Waals surface area contributed by atoms with E-state index in [1.807, 2.05) is 0 Å². The number of rotatable bonds is 7. The summed E-state index contributed by atoms with van der Waals surface area (Å²) in [7, 11) is 0. The zero-order valence-electron chi connectivity index (χ0n) is 13.7. The first-order chi connectivity index (χ1) is 12.9. The Hall–Kier alpha value is -1.90. The fourth-order valence-electron chi connectivity index (χ4n) is 1.66. The van der Waals surface area contributed by atoms with Crippen LogP contribution in [0.15, 0.2) is 0 Å². The number of carbonyl (C=O) groups is 1. The lowest BCUT2D eigenvalue weighted by Crippen LogP contribution is -2.78. The van der Waals surface area contributed by atoms with Crippen molar-refractivity contribution in [1.29, 1.82) is 0 Å². The smallest absolute Gasteiger partial charge is 0.438 e. The van der Waals surface area contributed by atoms with Crippen LogP contribution in [0.1, 0.15) is 0 Å². The highest BCUT2D eigenvalue weighted by molar-refractivity contribution is 5.77. The van der Waals surface area contributed by atoms with Crippen molar-refractivity contribution in [2.75, 3.05) is 0 Å². The Morgan fingerprint density at radius 3 is 0.875 bits per heavy atom. The predicted molar refractivity (Wildman–Crippen MR) is 58.3 cm³/mol. The normalized spacial score (nSPS) is 16.0. The van der Waals surface area contributed by atoms with Crippen molar-refractivity contribution in [3.63, 3.8) is 0 Å². The number of hydrogen-bond acceptors (Lipinski definition) is 2. The van der Waals surface area contributed by atoms with E-state index in [2.05, 4.69) is 0 Å². The molecule has 3 nitrogen and oxygen atoms in total. The Balaban J connectivity index is 0. The van der Waals surface area contributed by atoms with Crippen LogP contribution in [-0.4, -0.2) is 64.6 Å². The third-order valence-corrected chi connectivity index (χ3v) is 3.45. The molecule has 0 unspecified atom stereocenters. The number of hydrogen-bond donors (Lipinski definition) is 2. The lowest BCUT2D eigenvalue weighted by Gasteiger charge is -2.44. The maximum Gasteiger partial charge on any atom is 0.438 e. The first-order valence-electron chi connectivity index (χ1n) is 6.27. The quantitative estimate of drug-likeness (QED) is 0.404. The molecule has 0 aliphatic heterocycles. The highest BCUT2D eigenvalue weighted by Crippen LogP contribution is 2.66. The fourth-order valence-corrected chi connectivity index (χ4v) is 1.66. The minimum Gasteiger partial charge on any atom is -0.477 e. The van der Waals surface area contributed by atoms with Gasteiger partial charge in [-0.15, -0.1) is 0 Å². The number of carboxylic acid groups (broad SMARTS) is 1. The van der Waals surface area contributed by atoms with E-state index in [0.717, 1.165) is 0 Å². The second-order valence-corrected chi connectivity index (χ2v) is 5.41. The van der Waals surface area contributed by atoms with Crippen molar-refractivity contribution < 1.29 is 93.3 Å². The van der Waals surface area contributed by atoms with Crippen LogP contribution in [0.25, 0.3) is 0 Å². The van der Waals surface area contributed by atoms with E-state index in [4.69, 9.17) is 5.11 Å². The third kappa shape index (κ3) is 3.56. The van der Waals surface area contributed by atoms with Crippen LogP contribution in [0.2, 0.25) is 0 Å². The number of aliphatic carboxylic acids is 1. The third-order valence-electron chi connectivity index (χ3n) is 3.45. The maximum absolute atomic E-state index is 13.2. The molecule has 0 aromatic heterocycles. The number of alkyl halides is 19. The van der Waals surface area contributed by atoms with Gasteiger partial charge in [0, 0.05) is 0 Å². The first-order valence-corrected chi connectivity index (χ1v) is 6.27. The zero-order valence-corrected chi connectivity index (χ0v) is 13.7. The van der Waals surface area contributed by atoms with Crippen LogP contribution in [-0.2, 0) is 4.79 Å². The summed E-state index contributed by atoms with van der Waals surface area (Å²) >= 11 is 0. The van der Waals surface area contributed by atoms with Crippen molar-refractivity contribution >= 4 is 5.97 Å². The Morgan fingerprint density at radius 2 is 0.656 bits per heavy atom. The van der Waals surface area contributed by atoms with Crippen LogP contribution in [0, 0.1) is 0 Å². The molecule has 0 amide bonds. The molecule has 4 N–H and O–H groups in total. The molecule has 0 spiro atoms. The van der Waals surface area contributed by atoms with Gasteiger partial charge < -0.3 is 11.3 Å². The molecule has 0 rings (SSSR count). The van der Waals surface area contributed by atoms with Gasteiger partial charge in [-0.25, -0.2) is 9.18 Å².